The number of hydrogen-bond donors (Lipinski definition) is 0. The molecule has 0 aromatic heterocycles. The minimum absolute atomic E-state index is 0.187. The van der Waals surface area contributed by atoms with Gasteiger partial charge in [0.05, 0.1) is 16.7 Å². The van der Waals surface area contributed by atoms with Crippen molar-refractivity contribution in [1.29, 1.82) is 0 Å². The first-order chi connectivity index (χ1) is 9.60. The highest BCUT2D eigenvalue weighted by Gasteiger charge is 2.20. The lowest BCUT2D eigenvalue weighted by molar-refractivity contribution is 0.0385. The van der Waals surface area contributed by atoms with Crippen molar-refractivity contribution < 1.29 is 9.47 Å². The molecular weight excluding hydrogens is 318 g/mol. The molecule has 20 heavy (non-hydrogen) atoms. The Morgan fingerprint density at radius 3 is 2.60 bits per heavy atom. The largest absolute Gasteiger partial charge is 0.489 e. The highest BCUT2D eigenvalue weighted by atomic mass is 79.9. The minimum atomic E-state index is 0.187. The number of halogens is 1. The van der Waals surface area contributed by atoms with Crippen LogP contribution in [0.4, 0.5) is 0 Å². The van der Waals surface area contributed by atoms with E-state index in [1.54, 1.807) is 0 Å². The summed E-state index contributed by atoms with van der Waals surface area (Å²) >= 11 is 3.60. The van der Waals surface area contributed by atoms with Crippen molar-refractivity contribution in [3.05, 3.63) is 28.2 Å². The average Bonchev–Trinajstić information content (AvgIpc) is 2.43. The van der Waals surface area contributed by atoms with Gasteiger partial charge in [-0.25, -0.2) is 0 Å². The molecule has 3 nitrogen and oxygen atoms in total. The minimum Gasteiger partial charge on any atom is -0.489 e. The number of likely N-dealkylation sites (tertiary alicyclic amines) is 1. The molecule has 0 amide bonds. The third-order valence-corrected chi connectivity index (χ3v) is 4.29. The van der Waals surface area contributed by atoms with Crippen LogP contribution >= 0.6 is 15.9 Å². The standard InChI is InChI=1S/C16H24BrNO2/c1-12(2)20-16-13(5-4-6-15(16)17)11-18-9-7-14(19-3)8-10-18/h4-6,12,14H,7-11H2,1-3H3. The van der Waals surface area contributed by atoms with E-state index in [-0.39, 0.29) is 6.10 Å². The maximum Gasteiger partial charge on any atom is 0.138 e. The molecular formula is C16H24BrNO2. The molecule has 1 aromatic carbocycles. The Morgan fingerprint density at radius 1 is 1.30 bits per heavy atom. The molecule has 1 aliphatic rings. The van der Waals surface area contributed by atoms with Crippen molar-refractivity contribution in [2.24, 2.45) is 0 Å². The van der Waals surface area contributed by atoms with Gasteiger partial charge < -0.3 is 9.47 Å². The predicted molar refractivity (Wildman–Crippen MR) is 85.2 cm³/mol. The zero-order valence-electron chi connectivity index (χ0n) is 12.6. The average molecular weight is 342 g/mol. The number of methoxy groups -OCH3 is 1. The van der Waals surface area contributed by atoms with Crippen LogP contribution in [0, 0.1) is 0 Å². The van der Waals surface area contributed by atoms with Gasteiger partial charge in [0.2, 0.25) is 0 Å². The maximum atomic E-state index is 5.96. The normalized spacial score (nSPS) is 17.6. The Balaban J connectivity index is 2.04. The Labute approximate surface area is 130 Å². The summed E-state index contributed by atoms with van der Waals surface area (Å²) in [6.07, 6.45) is 2.85. The molecule has 0 aliphatic carbocycles. The molecule has 0 atom stereocenters. The molecule has 1 fully saturated rings. The van der Waals surface area contributed by atoms with E-state index in [1.807, 2.05) is 13.2 Å². The molecule has 1 saturated heterocycles. The van der Waals surface area contributed by atoms with E-state index in [4.69, 9.17) is 9.47 Å². The van der Waals surface area contributed by atoms with Crippen molar-refractivity contribution in [1.82, 2.24) is 4.90 Å². The molecule has 0 radical (unpaired) electrons. The molecule has 1 aliphatic heterocycles. The van der Waals surface area contributed by atoms with Crippen molar-refractivity contribution in [3.8, 4) is 5.75 Å². The Morgan fingerprint density at radius 2 is 2.00 bits per heavy atom. The molecule has 1 heterocycles. The smallest absolute Gasteiger partial charge is 0.138 e. The highest BCUT2D eigenvalue weighted by molar-refractivity contribution is 9.10. The molecule has 2 rings (SSSR count). The summed E-state index contributed by atoms with van der Waals surface area (Å²) in [6.45, 7) is 7.25. The fraction of sp³-hybridized carbons (Fsp3) is 0.625. The van der Waals surface area contributed by atoms with E-state index in [1.165, 1.54) is 5.56 Å². The van der Waals surface area contributed by atoms with Crippen LogP contribution in [0.25, 0.3) is 0 Å². The van der Waals surface area contributed by atoms with E-state index in [9.17, 15) is 0 Å². The Bertz CT molecular complexity index is 428. The van der Waals surface area contributed by atoms with Gasteiger partial charge in [0.25, 0.3) is 0 Å². The van der Waals surface area contributed by atoms with Crippen molar-refractivity contribution >= 4 is 15.9 Å². The first-order valence-corrected chi connectivity index (χ1v) is 8.08. The summed E-state index contributed by atoms with van der Waals surface area (Å²) < 4.78 is 12.4. The lowest BCUT2D eigenvalue weighted by atomic mass is 10.1. The summed E-state index contributed by atoms with van der Waals surface area (Å²) in [4.78, 5) is 2.48. The van der Waals surface area contributed by atoms with E-state index in [0.29, 0.717) is 6.10 Å². The molecule has 0 unspecified atom stereocenters. The van der Waals surface area contributed by atoms with Crippen LogP contribution in [0.1, 0.15) is 32.3 Å². The zero-order chi connectivity index (χ0) is 14.5. The number of ether oxygens (including phenoxy) is 2. The first kappa shape index (κ1) is 15.8. The summed E-state index contributed by atoms with van der Waals surface area (Å²) in [5.74, 6) is 0.983. The van der Waals surface area contributed by atoms with Gasteiger partial charge >= 0.3 is 0 Å². The van der Waals surface area contributed by atoms with Crippen molar-refractivity contribution in [2.45, 2.75) is 45.4 Å². The highest BCUT2D eigenvalue weighted by Crippen LogP contribution is 2.31. The van der Waals surface area contributed by atoms with Crippen LogP contribution in [-0.4, -0.2) is 37.3 Å². The van der Waals surface area contributed by atoms with E-state index in [2.05, 4.69) is 46.8 Å². The van der Waals surface area contributed by atoms with Crippen LogP contribution in [0.2, 0.25) is 0 Å². The van der Waals surface area contributed by atoms with E-state index in [0.717, 1.165) is 42.7 Å². The van der Waals surface area contributed by atoms with Crippen LogP contribution in [0.5, 0.6) is 5.75 Å². The summed E-state index contributed by atoms with van der Waals surface area (Å²) in [5, 5.41) is 0. The molecule has 0 bridgehead atoms. The predicted octanol–water partition coefficient (Wildman–Crippen LogP) is 3.85. The summed E-state index contributed by atoms with van der Waals surface area (Å²) in [5.41, 5.74) is 1.25. The number of nitrogens with zero attached hydrogens (tertiary/aromatic N) is 1. The second-order valence-electron chi connectivity index (χ2n) is 5.61. The third kappa shape index (κ3) is 4.21. The van der Waals surface area contributed by atoms with Crippen LogP contribution in [0.15, 0.2) is 22.7 Å². The maximum absolute atomic E-state index is 5.96. The van der Waals surface area contributed by atoms with Gasteiger partial charge in [-0.1, -0.05) is 12.1 Å². The zero-order valence-corrected chi connectivity index (χ0v) is 14.1. The summed E-state index contributed by atoms with van der Waals surface area (Å²) in [7, 11) is 1.81. The monoisotopic (exact) mass is 341 g/mol. The lowest BCUT2D eigenvalue weighted by Crippen LogP contribution is -2.36. The molecule has 0 saturated carbocycles. The van der Waals surface area contributed by atoms with Crippen LogP contribution in [-0.2, 0) is 11.3 Å². The van der Waals surface area contributed by atoms with E-state index >= 15 is 0 Å². The fourth-order valence-corrected chi connectivity index (χ4v) is 3.09. The van der Waals surface area contributed by atoms with Crippen LogP contribution in [0.3, 0.4) is 0 Å². The Kier molecular flexibility index (Phi) is 5.87. The van der Waals surface area contributed by atoms with E-state index < -0.39 is 0 Å². The van der Waals surface area contributed by atoms with Gasteiger partial charge in [0, 0.05) is 32.3 Å². The van der Waals surface area contributed by atoms with Gasteiger partial charge in [-0.05, 0) is 48.7 Å². The second kappa shape index (κ2) is 7.43. The van der Waals surface area contributed by atoms with Gasteiger partial charge in [0.15, 0.2) is 0 Å². The van der Waals surface area contributed by atoms with Gasteiger partial charge in [-0.15, -0.1) is 0 Å². The van der Waals surface area contributed by atoms with Crippen molar-refractivity contribution in [2.75, 3.05) is 20.2 Å². The Hall–Kier alpha value is -0.580. The van der Waals surface area contributed by atoms with Gasteiger partial charge in [-0.2, -0.15) is 0 Å². The number of piperidine rings is 1. The fourth-order valence-electron chi connectivity index (χ4n) is 2.59. The number of benzene rings is 1. The SMILES string of the molecule is COC1CCN(Cc2cccc(Br)c2OC(C)C)CC1. The molecule has 4 heteroatoms. The van der Waals surface area contributed by atoms with Crippen LogP contribution < -0.4 is 4.74 Å². The molecule has 112 valence electrons. The second-order valence-corrected chi connectivity index (χ2v) is 6.46. The number of rotatable bonds is 5. The van der Waals surface area contributed by atoms with Gasteiger partial charge in [-0.3, -0.25) is 4.90 Å². The molecule has 0 spiro atoms. The number of para-hydroxylation sites is 1. The van der Waals surface area contributed by atoms with Gasteiger partial charge in [0.1, 0.15) is 5.75 Å². The molecule has 0 N–H and O–H groups in total. The topological polar surface area (TPSA) is 21.7 Å². The summed E-state index contributed by atoms with van der Waals surface area (Å²) in [6, 6.07) is 6.28. The lowest BCUT2D eigenvalue weighted by Gasteiger charge is -2.31. The number of hydrogen-bond acceptors (Lipinski definition) is 3. The first-order valence-electron chi connectivity index (χ1n) is 7.29. The van der Waals surface area contributed by atoms with Crippen molar-refractivity contribution in [3.63, 3.8) is 0 Å². The quantitative estimate of drug-likeness (QED) is 0.811. The molecule has 1 aromatic rings. The third-order valence-electron chi connectivity index (χ3n) is 3.66.